The number of nitrogen functional groups attached to an aromatic ring is 1. The molecule has 10 heteroatoms. The molecule has 0 saturated carbocycles. The maximum Gasteiger partial charge on any atom is 0.416 e. The van der Waals surface area contributed by atoms with Gasteiger partial charge in [-0.25, -0.2) is 9.37 Å². The number of hydrogen-bond acceptors (Lipinski definition) is 4. The average molecular weight is 356 g/mol. The van der Waals surface area contributed by atoms with Crippen molar-refractivity contribution in [1.29, 1.82) is 0 Å². The van der Waals surface area contributed by atoms with Crippen LogP contribution in [-0.4, -0.2) is 23.8 Å². The van der Waals surface area contributed by atoms with E-state index < -0.39 is 34.9 Å². The monoisotopic (exact) mass is 356 g/mol. The van der Waals surface area contributed by atoms with Gasteiger partial charge in [0.05, 0.1) is 16.8 Å². The Kier molecular flexibility index (Phi) is 4.91. The van der Waals surface area contributed by atoms with Gasteiger partial charge in [0.15, 0.2) is 0 Å². The molecule has 25 heavy (non-hydrogen) atoms. The number of carbonyl (C=O) groups excluding carboxylic acids is 2. The van der Waals surface area contributed by atoms with Crippen molar-refractivity contribution >= 4 is 23.3 Å². The summed E-state index contributed by atoms with van der Waals surface area (Å²) in [5.41, 5.74) is 3.69. The van der Waals surface area contributed by atoms with E-state index in [0.29, 0.717) is 12.1 Å². The Morgan fingerprint density at radius 1 is 1.08 bits per heavy atom. The molecule has 1 aromatic carbocycles. The lowest BCUT2D eigenvalue weighted by Crippen LogP contribution is -2.20. The van der Waals surface area contributed by atoms with E-state index in [9.17, 15) is 27.2 Å². The van der Waals surface area contributed by atoms with Crippen molar-refractivity contribution < 1.29 is 27.2 Å². The number of carbonyl (C=O) groups is 2. The first-order valence-electron chi connectivity index (χ1n) is 6.78. The zero-order valence-electron chi connectivity index (χ0n) is 12.7. The van der Waals surface area contributed by atoms with Crippen LogP contribution in [0.5, 0.6) is 0 Å². The molecule has 6 nitrogen and oxygen atoms in total. The Balaban J connectivity index is 2.34. The number of nitrogens with two attached hydrogens (primary N) is 1. The normalized spacial score (nSPS) is 11.1. The highest BCUT2D eigenvalue weighted by Crippen LogP contribution is 2.30. The maximum atomic E-state index is 13.4. The predicted molar refractivity (Wildman–Crippen MR) is 81.4 cm³/mol. The molecule has 0 saturated heterocycles. The summed E-state index contributed by atoms with van der Waals surface area (Å²) in [7, 11) is 1.38. The lowest BCUT2D eigenvalue weighted by Gasteiger charge is -2.11. The number of amides is 2. The first-order valence-corrected chi connectivity index (χ1v) is 6.78. The third-order valence-electron chi connectivity index (χ3n) is 3.14. The molecule has 4 N–H and O–H groups in total. The Hall–Kier alpha value is -3.17. The van der Waals surface area contributed by atoms with E-state index >= 15 is 0 Å². The predicted octanol–water partition coefficient (Wildman–Crippen LogP) is 2.43. The second-order valence-electron chi connectivity index (χ2n) is 4.92. The summed E-state index contributed by atoms with van der Waals surface area (Å²) in [6.45, 7) is 0. The van der Waals surface area contributed by atoms with Crippen LogP contribution in [-0.2, 0) is 6.18 Å². The minimum absolute atomic E-state index is 0.0715. The number of alkyl halides is 3. The third-order valence-corrected chi connectivity index (χ3v) is 3.14. The quantitative estimate of drug-likeness (QED) is 0.736. The van der Waals surface area contributed by atoms with Crippen LogP contribution < -0.4 is 16.4 Å². The summed E-state index contributed by atoms with van der Waals surface area (Å²) in [4.78, 5) is 27.4. The maximum absolute atomic E-state index is 13.4. The molecular weight excluding hydrogens is 344 g/mol. The molecule has 2 amide bonds. The van der Waals surface area contributed by atoms with Gasteiger partial charge in [0.1, 0.15) is 11.6 Å². The number of halogens is 4. The van der Waals surface area contributed by atoms with Crippen LogP contribution in [0.3, 0.4) is 0 Å². The molecule has 0 aliphatic rings. The lowest BCUT2D eigenvalue weighted by atomic mass is 10.1. The van der Waals surface area contributed by atoms with Gasteiger partial charge in [-0.05, 0) is 24.3 Å². The van der Waals surface area contributed by atoms with Gasteiger partial charge in [0.2, 0.25) is 0 Å². The van der Waals surface area contributed by atoms with Gasteiger partial charge in [-0.2, -0.15) is 13.2 Å². The zero-order valence-corrected chi connectivity index (χ0v) is 12.7. The second kappa shape index (κ2) is 6.75. The van der Waals surface area contributed by atoms with Gasteiger partial charge in [-0.1, -0.05) is 0 Å². The van der Waals surface area contributed by atoms with Gasteiger partial charge in [0.25, 0.3) is 11.8 Å². The number of rotatable bonds is 3. The van der Waals surface area contributed by atoms with E-state index in [0.717, 1.165) is 6.20 Å². The van der Waals surface area contributed by atoms with Crippen LogP contribution in [0.15, 0.2) is 30.5 Å². The van der Waals surface area contributed by atoms with Gasteiger partial charge in [0, 0.05) is 18.8 Å². The van der Waals surface area contributed by atoms with E-state index in [1.54, 1.807) is 0 Å². The van der Waals surface area contributed by atoms with Gasteiger partial charge in [-0.3, -0.25) is 9.59 Å². The van der Waals surface area contributed by atoms with Crippen LogP contribution in [0.2, 0.25) is 0 Å². The Labute approximate surface area is 139 Å². The van der Waals surface area contributed by atoms with Crippen molar-refractivity contribution in [1.82, 2.24) is 10.3 Å². The van der Waals surface area contributed by atoms with Crippen LogP contribution in [0.1, 0.15) is 26.3 Å². The van der Waals surface area contributed by atoms with Crippen molar-refractivity contribution in [2.45, 2.75) is 6.18 Å². The highest BCUT2D eigenvalue weighted by atomic mass is 19.4. The highest BCUT2D eigenvalue weighted by Gasteiger charge is 2.32. The topological polar surface area (TPSA) is 97.1 Å². The largest absolute Gasteiger partial charge is 0.416 e. The summed E-state index contributed by atoms with van der Waals surface area (Å²) in [6.07, 6.45) is -3.65. The molecule has 0 aliphatic carbocycles. The molecule has 0 fully saturated rings. The molecule has 0 aliphatic heterocycles. The first kappa shape index (κ1) is 18.2. The zero-order chi connectivity index (χ0) is 18.8. The van der Waals surface area contributed by atoms with Crippen LogP contribution in [0, 0.1) is 5.82 Å². The molecule has 0 radical (unpaired) electrons. The molecule has 0 atom stereocenters. The Bertz CT molecular complexity index is 837. The Morgan fingerprint density at radius 2 is 1.76 bits per heavy atom. The number of nitrogens with zero attached hydrogens (tertiary/aromatic N) is 1. The summed E-state index contributed by atoms with van der Waals surface area (Å²) in [6, 6.07) is 2.63. The molecule has 2 aromatic rings. The highest BCUT2D eigenvalue weighted by molar-refractivity contribution is 6.06. The smallest absolute Gasteiger partial charge is 0.382 e. The summed E-state index contributed by atoms with van der Waals surface area (Å²) < 4.78 is 51.5. The number of hydrogen-bond donors (Lipinski definition) is 3. The van der Waals surface area contributed by atoms with Crippen molar-refractivity contribution in [3.63, 3.8) is 0 Å². The molecule has 1 aromatic heterocycles. The fourth-order valence-electron chi connectivity index (χ4n) is 1.92. The van der Waals surface area contributed by atoms with E-state index in [1.165, 1.54) is 13.1 Å². The van der Waals surface area contributed by atoms with E-state index in [4.69, 9.17) is 5.73 Å². The fraction of sp³-hybridized carbons (Fsp3) is 0.133. The number of benzene rings is 1. The van der Waals surface area contributed by atoms with E-state index in [2.05, 4.69) is 15.6 Å². The van der Waals surface area contributed by atoms with Gasteiger partial charge < -0.3 is 16.4 Å². The van der Waals surface area contributed by atoms with Gasteiger partial charge in [-0.15, -0.1) is 0 Å². The van der Waals surface area contributed by atoms with E-state index in [1.807, 2.05) is 0 Å². The molecule has 2 rings (SSSR count). The van der Waals surface area contributed by atoms with Crippen molar-refractivity contribution in [3.05, 3.63) is 53.0 Å². The van der Waals surface area contributed by atoms with Crippen molar-refractivity contribution in [2.75, 3.05) is 18.1 Å². The molecule has 0 bridgehead atoms. The summed E-state index contributed by atoms with van der Waals surface area (Å²) in [5.74, 6) is -2.92. The number of pyridine rings is 1. The molecular formula is C15H12F4N4O2. The number of anilines is 2. The minimum Gasteiger partial charge on any atom is -0.382 e. The fourth-order valence-corrected chi connectivity index (χ4v) is 1.92. The lowest BCUT2D eigenvalue weighted by molar-refractivity contribution is -0.137. The number of nitrogens with one attached hydrogen (secondary N) is 2. The summed E-state index contributed by atoms with van der Waals surface area (Å²) in [5, 5.41) is 4.55. The standard InChI is InChI=1S/C15H12F4N4O2/c1-21-13(24)8-4-11(12(20)22-6-8)23-14(25)7-2-9(15(17,18)19)5-10(16)3-7/h2-6H,1H3,(H2,20,22)(H,21,24)(H,23,25). The summed E-state index contributed by atoms with van der Waals surface area (Å²) >= 11 is 0. The molecule has 0 spiro atoms. The average Bonchev–Trinajstić information content (AvgIpc) is 2.54. The first-order chi connectivity index (χ1) is 11.6. The molecule has 0 unspecified atom stereocenters. The minimum atomic E-state index is -4.81. The van der Waals surface area contributed by atoms with Gasteiger partial charge >= 0.3 is 6.18 Å². The van der Waals surface area contributed by atoms with Crippen LogP contribution in [0.25, 0.3) is 0 Å². The second-order valence-corrected chi connectivity index (χ2v) is 4.92. The van der Waals surface area contributed by atoms with E-state index in [-0.39, 0.29) is 23.1 Å². The number of aromatic nitrogens is 1. The van der Waals surface area contributed by atoms with Crippen LogP contribution in [0.4, 0.5) is 29.1 Å². The van der Waals surface area contributed by atoms with Crippen molar-refractivity contribution in [3.8, 4) is 0 Å². The molecule has 132 valence electrons. The molecule has 1 heterocycles. The Morgan fingerprint density at radius 3 is 2.36 bits per heavy atom. The third kappa shape index (κ3) is 4.22. The SMILES string of the molecule is CNC(=O)c1cnc(N)c(NC(=O)c2cc(F)cc(C(F)(F)F)c2)c1. The van der Waals surface area contributed by atoms with Crippen molar-refractivity contribution in [2.24, 2.45) is 0 Å². The van der Waals surface area contributed by atoms with Crippen LogP contribution >= 0.6 is 0 Å².